The zero-order valence-electron chi connectivity index (χ0n) is 10.5. The highest BCUT2D eigenvalue weighted by Gasteiger charge is 2.46. The molecule has 2 bridgehead atoms. The van der Waals surface area contributed by atoms with Crippen LogP contribution in [0.3, 0.4) is 0 Å². The predicted molar refractivity (Wildman–Crippen MR) is 71.1 cm³/mol. The summed E-state index contributed by atoms with van der Waals surface area (Å²) in [6.07, 6.45) is 1.86. The lowest BCUT2D eigenvalue weighted by molar-refractivity contribution is -0.0503. The molecule has 1 aromatic carbocycles. The molecule has 0 saturated carbocycles. The van der Waals surface area contributed by atoms with Crippen molar-refractivity contribution in [2.75, 3.05) is 26.7 Å². The maximum absolute atomic E-state index is 11.0. The average molecular weight is 268 g/mol. The molecule has 4 heteroatoms. The molecule has 2 heterocycles. The van der Waals surface area contributed by atoms with Gasteiger partial charge in [-0.15, -0.1) is 0 Å². The van der Waals surface area contributed by atoms with Gasteiger partial charge in [0.1, 0.15) is 5.75 Å². The van der Waals surface area contributed by atoms with Crippen molar-refractivity contribution in [3.63, 3.8) is 0 Å². The van der Waals surface area contributed by atoms with Crippen LogP contribution in [0.5, 0.6) is 5.75 Å². The fourth-order valence-corrected chi connectivity index (χ4v) is 3.46. The van der Waals surface area contributed by atoms with Crippen LogP contribution in [0.1, 0.15) is 18.4 Å². The van der Waals surface area contributed by atoms with E-state index in [9.17, 15) is 5.11 Å². The molecular weight excluding hydrogens is 250 g/mol. The Bertz CT molecular complexity index is 465. The smallest absolute Gasteiger partial charge is 0.137 e. The molecule has 2 aliphatic heterocycles. The Morgan fingerprint density at radius 3 is 3.06 bits per heavy atom. The van der Waals surface area contributed by atoms with E-state index in [1.165, 1.54) is 0 Å². The minimum Gasteiger partial charge on any atom is -0.495 e. The van der Waals surface area contributed by atoms with Crippen molar-refractivity contribution in [1.29, 1.82) is 0 Å². The summed E-state index contributed by atoms with van der Waals surface area (Å²) < 4.78 is 5.25. The summed E-state index contributed by atoms with van der Waals surface area (Å²) in [5.41, 5.74) is 0.223. The lowest BCUT2D eigenvalue weighted by Crippen LogP contribution is -2.44. The third-order valence-corrected chi connectivity index (χ3v) is 4.72. The van der Waals surface area contributed by atoms with Gasteiger partial charge in [-0.25, -0.2) is 0 Å². The van der Waals surface area contributed by atoms with Gasteiger partial charge >= 0.3 is 0 Å². The van der Waals surface area contributed by atoms with Crippen LogP contribution >= 0.6 is 11.6 Å². The molecule has 1 aromatic rings. The van der Waals surface area contributed by atoms with E-state index in [-0.39, 0.29) is 0 Å². The molecule has 0 aromatic heterocycles. The van der Waals surface area contributed by atoms with E-state index in [0.717, 1.165) is 38.0 Å². The van der Waals surface area contributed by atoms with Crippen LogP contribution in [0.25, 0.3) is 0 Å². The van der Waals surface area contributed by atoms with Crippen molar-refractivity contribution >= 4 is 11.6 Å². The Morgan fingerprint density at radius 1 is 1.44 bits per heavy atom. The molecule has 18 heavy (non-hydrogen) atoms. The molecule has 0 spiro atoms. The van der Waals surface area contributed by atoms with Gasteiger partial charge in [0, 0.05) is 19.0 Å². The van der Waals surface area contributed by atoms with E-state index in [1.807, 2.05) is 18.2 Å². The number of halogens is 1. The summed E-state index contributed by atoms with van der Waals surface area (Å²) in [6.45, 7) is 3.08. The first-order chi connectivity index (χ1) is 8.63. The van der Waals surface area contributed by atoms with E-state index in [0.29, 0.717) is 16.7 Å². The highest BCUT2D eigenvalue weighted by molar-refractivity contribution is 6.32. The molecule has 1 N–H and O–H groups in total. The lowest BCUT2D eigenvalue weighted by atomic mass is 9.77. The van der Waals surface area contributed by atoms with Crippen LogP contribution in [0.4, 0.5) is 0 Å². The van der Waals surface area contributed by atoms with Crippen LogP contribution < -0.4 is 4.74 Å². The van der Waals surface area contributed by atoms with Crippen LogP contribution in [-0.4, -0.2) is 36.8 Å². The van der Waals surface area contributed by atoms with E-state index < -0.39 is 5.60 Å². The number of nitrogens with zero attached hydrogens (tertiary/aromatic N) is 1. The number of hydrogen-bond acceptors (Lipinski definition) is 3. The molecule has 0 aliphatic carbocycles. The SMILES string of the molecule is COc1cc(C2(O)CCN3CCC2C3)ccc1Cl. The van der Waals surface area contributed by atoms with Gasteiger partial charge in [0.25, 0.3) is 0 Å². The van der Waals surface area contributed by atoms with Gasteiger partial charge in [0.15, 0.2) is 0 Å². The van der Waals surface area contributed by atoms with Crippen molar-refractivity contribution < 1.29 is 9.84 Å². The molecule has 2 aliphatic rings. The molecule has 0 radical (unpaired) electrons. The van der Waals surface area contributed by atoms with Gasteiger partial charge in [0.2, 0.25) is 0 Å². The minimum atomic E-state index is -0.717. The van der Waals surface area contributed by atoms with Gasteiger partial charge < -0.3 is 14.7 Å². The first-order valence-electron chi connectivity index (χ1n) is 6.42. The lowest BCUT2D eigenvalue weighted by Gasteiger charge is -2.39. The quantitative estimate of drug-likeness (QED) is 0.892. The third-order valence-electron chi connectivity index (χ3n) is 4.41. The monoisotopic (exact) mass is 267 g/mol. The molecule has 0 amide bonds. The molecular formula is C14H18ClNO2. The van der Waals surface area contributed by atoms with Gasteiger partial charge in [-0.05, 0) is 37.1 Å². The fourth-order valence-electron chi connectivity index (χ4n) is 3.27. The van der Waals surface area contributed by atoms with Crippen LogP contribution in [-0.2, 0) is 5.60 Å². The molecule has 3 nitrogen and oxygen atoms in total. The molecule has 2 saturated heterocycles. The Kier molecular flexibility index (Phi) is 3.00. The number of benzene rings is 1. The third kappa shape index (κ3) is 1.81. The highest BCUT2D eigenvalue weighted by Crippen LogP contribution is 2.44. The standard InChI is InChI=1S/C14H18ClNO2/c1-18-13-8-10(2-3-12(13)15)14(17)5-7-16-6-4-11(14)9-16/h2-3,8,11,17H,4-7,9H2,1H3. The normalized spacial score (nSPS) is 34.6. The number of methoxy groups -OCH3 is 1. The van der Waals surface area contributed by atoms with Crippen molar-refractivity contribution in [1.82, 2.24) is 4.90 Å². The number of piperidine rings is 1. The summed E-state index contributed by atoms with van der Waals surface area (Å²) in [5.74, 6) is 0.972. The molecule has 2 fully saturated rings. The Morgan fingerprint density at radius 2 is 2.28 bits per heavy atom. The fraction of sp³-hybridized carbons (Fsp3) is 0.571. The van der Waals surface area contributed by atoms with Crippen molar-refractivity contribution in [2.45, 2.75) is 18.4 Å². The van der Waals surface area contributed by atoms with Gasteiger partial charge in [0.05, 0.1) is 17.7 Å². The predicted octanol–water partition coefficient (Wildman–Crippen LogP) is 2.26. The Hall–Kier alpha value is -0.770. The largest absolute Gasteiger partial charge is 0.495 e. The number of rotatable bonds is 2. The first kappa shape index (κ1) is 12.3. The number of hydrogen-bond donors (Lipinski definition) is 1. The summed E-state index contributed by atoms with van der Waals surface area (Å²) in [7, 11) is 1.60. The number of aliphatic hydroxyl groups is 1. The minimum absolute atomic E-state index is 0.331. The zero-order chi connectivity index (χ0) is 12.8. The van der Waals surface area contributed by atoms with Crippen LogP contribution in [0.15, 0.2) is 18.2 Å². The van der Waals surface area contributed by atoms with E-state index in [2.05, 4.69) is 4.90 Å². The van der Waals surface area contributed by atoms with Crippen LogP contribution in [0, 0.1) is 5.92 Å². The Labute approximate surface area is 112 Å². The van der Waals surface area contributed by atoms with Gasteiger partial charge in [-0.2, -0.15) is 0 Å². The molecule has 3 unspecified atom stereocenters. The maximum Gasteiger partial charge on any atom is 0.137 e. The highest BCUT2D eigenvalue weighted by atomic mass is 35.5. The van der Waals surface area contributed by atoms with Crippen molar-refractivity contribution in [2.24, 2.45) is 5.92 Å². The molecule has 3 rings (SSSR count). The maximum atomic E-state index is 11.0. The number of ether oxygens (including phenoxy) is 1. The van der Waals surface area contributed by atoms with Gasteiger partial charge in [-0.1, -0.05) is 17.7 Å². The summed E-state index contributed by atoms with van der Waals surface area (Å²) in [5, 5.41) is 11.6. The first-order valence-corrected chi connectivity index (χ1v) is 6.80. The van der Waals surface area contributed by atoms with E-state index in [4.69, 9.17) is 16.3 Å². The van der Waals surface area contributed by atoms with Crippen molar-refractivity contribution in [3.8, 4) is 5.75 Å². The second-order valence-electron chi connectivity index (χ2n) is 5.31. The zero-order valence-corrected chi connectivity index (χ0v) is 11.3. The van der Waals surface area contributed by atoms with Crippen LogP contribution in [0.2, 0.25) is 5.02 Å². The second kappa shape index (κ2) is 4.41. The topological polar surface area (TPSA) is 32.7 Å². The van der Waals surface area contributed by atoms with Crippen molar-refractivity contribution in [3.05, 3.63) is 28.8 Å². The Balaban J connectivity index is 1.98. The van der Waals surface area contributed by atoms with Gasteiger partial charge in [-0.3, -0.25) is 0 Å². The number of fused-ring (bicyclic) bond motifs is 2. The summed E-state index contributed by atoms with van der Waals surface area (Å²) in [6, 6.07) is 5.63. The summed E-state index contributed by atoms with van der Waals surface area (Å²) in [4.78, 5) is 2.42. The van der Waals surface area contributed by atoms with E-state index in [1.54, 1.807) is 7.11 Å². The average Bonchev–Trinajstić information content (AvgIpc) is 2.80. The molecule has 98 valence electrons. The van der Waals surface area contributed by atoms with E-state index >= 15 is 0 Å². The second-order valence-corrected chi connectivity index (χ2v) is 5.72. The summed E-state index contributed by atoms with van der Waals surface area (Å²) >= 11 is 6.04. The molecule has 3 atom stereocenters.